The lowest BCUT2D eigenvalue weighted by atomic mass is 10.1. The summed E-state index contributed by atoms with van der Waals surface area (Å²) in [7, 11) is 0. The van der Waals surface area contributed by atoms with Crippen molar-refractivity contribution in [3.8, 4) is 5.75 Å². The summed E-state index contributed by atoms with van der Waals surface area (Å²) in [5.41, 5.74) is 2.41. The highest BCUT2D eigenvalue weighted by molar-refractivity contribution is 5.81. The van der Waals surface area contributed by atoms with Crippen molar-refractivity contribution < 1.29 is 14.6 Å². The third-order valence-electron chi connectivity index (χ3n) is 2.10. The maximum atomic E-state index is 10.8. The predicted octanol–water partition coefficient (Wildman–Crippen LogP) is 2.24. The number of phenolic OH excluding ortho intramolecular Hbond substituents is 1. The van der Waals surface area contributed by atoms with Crippen LogP contribution in [-0.4, -0.2) is 11.1 Å². The summed E-state index contributed by atoms with van der Waals surface area (Å²) in [4.78, 5) is 10.8. The molecular formula is C12H14O3. The zero-order valence-electron chi connectivity index (χ0n) is 8.91. The van der Waals surface area contributed by atoms with Crippen LogP contribution in [-0.2, 0) is 16.1 Å². The number of hydrogen-bond acceptors (Lipinski definition) is 3. The Morgan fingerprint density at radius 1 is 1.47 bits per heavy atom. The minimum atomic E-state index is -0.446. The van der Waals surface area contributed by atoms with Gasteiger partial charge in [0.05, 0.1) is 0 Å². The van der Waals surface area contributed by atoms with E-state index in [0.717, 1.165) is 22.8 Å². The average Bonchev–Trinajstić information content (AvgIpc) is 2.22. The minimum absolute atomic E-state index is 0.201. The van der Waals surface area contributed by atoms with E-state index in [1.54, 1.807) is 26.0 Å². The molecule has 15 heavy (non-hydrogen) atoms. The molecule has 1 N–H and O–H groups in total. The van der Waals surface area contributed by atoms with Gasteiger partial charge in [0.15, 0.2) is 0 Å². The molecule has 0 aliphatic rings. The van der Waals surface area contributed by atoms with Crippen molar-refractivity contribution in [2.24, 2.45) is 0 Å². The standard InChI is InChI=1S/C12H14O3/c1-4-11(13)15-7-10-5-8(2)12(14)9(3)6-10/h4-6,14H,1,7H2,2-3H3. The first-order chi connectivity index (χ1) is 7.04. The van der Waals surface area contributed by atoms with E-state index in [1.807, 2.05) is 0 Å². The molecule has 0 atom stereocenters. The van der Waals surface area contributed by atoms with Gasteiger partial charge in [0.1, 0.15) is 12.4 Å². The quantitative estimate of drug-likeness (QED) is 0.609. The van der Waals surface area contributed by atoms with Crippen molar-refractivity contribution in [1.29, 1.82) is 0 Å². The number of carbonyl (C=O) groups excluding carboxylic acids is 1. The molecule has 0 unspecified atom stereocenters. The van der Waals surface area contributed by atoms with Gasteiger partial charge in [-0.2, -0.15) is 0 Å². The molecule has 0 aromatic heterocycles. The molecule has 0 radical (unpaired) electrons. The summed E-state index contributed by atoms with van der Waals surface area (Å²) in [6, 6.07) is 3.58. The van der Waals surface area contributed by atoms with Crippen LogP contribution in [0.1, 0.15) is 16.7 Å². The van der Waals surface area contributed by atoms with Gasteiger partial charge in [-0.25, -0.2) is 4.79 Å². The van der Waals surface area contributed by atoms with Crippen molar-refractivity contribution >= 4 is 5.97 Å². The second kappa shape index (κ2) is 4.64. The monoisotopic (exact) mass is 206 g/mol. The van der Waals surface area contributed by atoms with E-state index in [1.165, 1.54) is 0 Å². The summed E-state index contributed by atoms with van der Waals surface area (Å²) >= 11 is 0. The number of hydrogen-bond donors (Lipinski definition) is 1. The highest BCUT2D eigenvalue weighted by atomic mass is 16.5. The van der Waals surface area contributed by atoms with Crippen LogP contribution in [0.4, 0.5) is 0 Å². The number of phenols is 1. The van der Waals surface area contributed by atoms with Crippen LogP contribution in [0.5, 0.6) is 5.75 Å². The Kier molecular flexibility index (Phi) is 3.50. The van der Waals surface area contributed by atoms with Gasteiger partial charge in [0, 0.05) is 6.08 Å². The Bertz CT molecular complexity index is 371. The molecule has 0 heterocycles. The third kappa shape index (κ3) is 2.84. The Labute approximate surface area is 89.0 Å². The normalized spacial score (nSPS) is 9.73. The molecule has 3 nitrogen and oxygen atoms in total. The molecule has 0 bridgehead atoms. The molecule has 0 saturated carbocycles. The van der Waals surface area contributed by atoms with Crippen molar-refractivity contribution in [2.75, 3.05) is 0 Å². The summed E-state index contributed by atoms with van der Waals surface area (Å²) in [6.07, 6.45) is 1.13. The van der Waals surface area contributed by atoms with Crippen LogP contribution in [0, 0.1) is 13.8 Å². The molecule has 0 aliphatic heterocycles. The Morgan fingerprint density at radius 3 is 2.47 bits per heavy atom. The van der Waals surface area contributed by atoms with Gasteiger partial charge < -0.3 is 9.84 Å². The number of ether oxygens (including phenoxy) is 1. The summed E-state index contributed by atoms with van der Waals surface area (Å²) in [6.45, 7) is 7.12. The number of aryl methyl sites for hydroxylation is 2. The Balaban J connectivity index is 2.79. The van der Waals surface area contributed by atoms with Gasteiger partial charge in [0.2, 0.25) is 0 Å². The van der Waals surface area contributed by atoms with Crippen LogP contribution >= 0.6 is 0 Å². The molecule has 0 spiro atoms. The molecule has 0 amide bonds. The van der Waals surface area contributed by atoms with Crippen LogP contribution in [0.2, 0.25) is 0 Å². The van der Waals surface area contributed by atoms with E-state index in [0.29, 0.717) is 0 Å². The molecular weight excluding hydrogens is 192 g/mol. The molecule has 0 fully saturated rings. The molecule has 80 valence electrons. The second-order valence-electron chi connectivity index (χ2n) is 3.39. The van der Waals surface area contributed by atoms with Crippen LogP contribution in [0.25, 0.3) is 0 Å². The van der Waals surface area contributed by atoms with Crippen molar-refractivity contribution in [1.82, 2.24) is 0 Å². The lowest BCUT2D eigenvalue weighted by Crippen LogP contribution is -2.00. The number of aromatic hydroxyl groups is 1. The zero-order chi connectivity index (χ0) is 11.4. The number of rotatable bonds is 3. The topological polar surface area (TPSA) is 46.5 Å². The van der Waals surface area contributed by atoms with Crippen molar-refractivity contribution in [2.45, 2.75) is 20.5 Å². The highest BCUT2D eigenvalue weighted by Crippen LogP contribution is 2.23. The van der Waals surface area contributed by atoms with E-state index >= 15 is 0 Å². The number of benzene rings is 1. The van der Waals surface area contributed by atoms with Crippen molar-refractivity contribution in [3.63, 3.8) is 0 Å². The number of esters is 1. The fraction of sp³-hybridized carbons (Fsp3) is 0.250. The number of carbonyl (C=O) groups is 1. The SMILES string of the molecule is C=CC(=O)OCc1cc(C)c(O)c(C)c1. The lowest BCUT2D eigenvalue weighted by Gasteiger charge is -2.07. The van der Waals surface area contributed by atoms with Crippen molar-refractivity contribution in [3.05, 3.63) is 41.5 Å². The molecule has 1 aromatic carbocycles. The molecule has 1 aromatic rings. The smallest absolute Gasteiger partial charge is 0.330 e. The zero-order valence-corrected chi connectivity index (χ0v) is 8.91. The van der Waals surface area contributed by atoms with E-state index in [4.69, 9.17) is 4.74 Å². The molecule has 1 rings (SSSR count). The van der Waals surface area contributed by atoms with Crippen LogP contribution in [0.15, 0.2) is 24.8 Å². The molecule has 0 aliphatic carbocycles. The largest absolute Gasteiger partial charge is 0.507 e. The van der Waals surface area contributed by atoms with Gasteiger partial charge in [-0.15, -0.1) is 0 Å². The van der Waals surface area contributed by atoms with Gasteiger partial charge in [0.25, 0.3) is 0 Å². The molecule has 3 heteroatoms. The highest BCUT2D eigenvalue weighted by Gasteiger charge is 2.04. The summed E-state index contributed by atoms with van der Waals surface area (Å²) < 4.78 is 4.89. The van der Waals surface area contributed by atoms with E-state index < -0.39 is 5.97 Å². The fourth-order valence-corrected chi connectivity index (χ4v) is 1.34. The van der Waals surface area contributed by atoms with Crippen LogP contribution in [0.3, 0.4) is 0 Å². The van der Waals surface area contributed by atoms with E-state index in [9.17, 15) is 9.90 Å². The summed E-state index contributed by atoms with van der Waals surface area (Å²) in [5.74, 6) is -0.160. The predicted molar refractivity (Wildman–Crippen MR) is 57.6 cm³/mol. The van der Waals surface area contributed by atoms with Gasteiger partial charge >= 0.3 is 5.97 Å². The lowest BCUT2D eigenvalue weighted by molar-refractivity contribution is -0.138. The molecule has 0 saturated heterocycles. The first kappa shape index (κ1) is 11.3. The van der Waals surface area contributed by atoms with Gasteiger partial charge in [-0.3, -0.25) is 0 Å². The first-order valence-electron chi connectivity index (χ1n) is 4.63. The van der Waals surface area contributed by atoms with E-state index in [-0.39, 0.29) is 12.4 Å². The maximum absolute atomic E-state index is 10.8. The van der Waals surface area contributed by atoms with Gasteiger partial charge in [-0.05, 0) is 42.7 Å². The fourth-order valence-electron chi connectivity index (χ4n) is 1.34. The second-order valence-corrected chi connectivity index (χ2v) is 3.39. The van der Waals surface area contributed by atoms with Crippen LogP contribution < -0.4 is 0 Å². The average molecular weight is 206 g/mol. The third-order valence-corrected chi connectivity index (χ3v) is 2.10. The Morgan fingerprint density at radius 2 is 2.00 bits per heavy atom. The van der Waals surface area contributed by atoms with Gasteiger partial charge in [-0.1, -0.05) is 6.58 Å². The van der Waals surface area contributed by atoms with E-state index in [2.05, 4.69) is 6.58 Å². The minimum Gasteiger partial charge on any atom is -0.507 e. The maximum Gasteiger partial charge on any atom is 0.330 e. The summed E-state index contributed by atoms with van der Waals surface area (Å²) in [5, 5.41) is 9.53. The first-order valence-corrected chi connectivity index (χ1v) is 4.63. The Hall–Kier alpha value is -1.77.